The number of nitrogens with one attached hydrogen (secondary N) is 3. The molecule has 1 aromatic carbocycles. The largest absolute Gasteiger partial charge is 0.489 e. The minimum atomic E-state index is -0.984. The lowest BCUT2D eigenvalue weighted by Gasteiger charge is -2.49. The number of alkyl halides is 1. The predicted octanol–water partition coefficient (Wildman–Crippen LogP) is 4.28. The minimum Gasteiger partial charge on any atom is -0.489 e. The molecule has 3 aromatic heterocycles. The van der Waals surface area contributed by atoms with Crippen LogP contribution in [0.25, 0.3) is 16.9 Å². The summed E-state index contributed by atoms with van der Waals surface area (Å²) < 4.78 is 21.3. The first-order chi connectivity index (χ1) is 21.0. The molecule has 2 unspecified atom stereocenters. The molecule has 43 heavy (non-hydrogen) atoms. The van der Waals surface area contributed by atoms with Crippen molar-refractivity contribution in [2.75, 3.05) is 36.9 Å². The maximum atomic E-state index is 13.4. The molecule has 0 radical (unpaired) electrons. The first-order valence-electron chi connectivity index (χ1n) is 15.2. The molecule has 1 saturated heterocycles. The average Bonchev–Trinajstić information content (AvgIpc) is 3.36. The summed E-state index contributed by atoms with van der Waals surface area (Å²) in [6.07, 6.45) is 8.58. The van der Waals surface area contributed by atoms with E-state index in [4.69, 9.17) is 14.8 Å². The normalized spacial score (nSPS) is 22.3. The van der Waals surface area contributed by atoms with E-state index in [2.05, 4.69) is 38.0 Å². The van der Waals surface area contributed by atoms with Crippen LogP contribution in [0.15, 0.2) is 48.8 Å². The molecule has 10 nitrogen and oxygen atoms in total. The third-order valence-electron chi connectivity index (χ3n) is 9.59. The maximum Gasteiger partial charge on any atom is 0.271 e. The quantitative estimate of drug-likeness (QED) is 0.297. The van der Waals surface area contributed by atoms with Gasteiger partial charge in [-0.3, -0.25) is 9.78 Å². The fourth-order valence-corrected chi connectivity index (χ4v) is 7.05. The molecule has 2 atom stereocenters. The Kier molecular flexibility index (Phi) is 6.25. The van der Waals surface area contributed by atoms with E-state index in [0.29, 0.717) is 23.3 Å². The Morgan fingerprint density at radius 1 is 1.14 bits per heavy atom. The van der Waals surface area contributed by atoms with Crippen molar-refractivity contribution in [2.24, 2.45) is 5.41 Å². The van der Waals surface area contributed by atoms with E-state index in [1.165, 1.54) is 24.6 Å². The highest BCUT2D eigenvalue weighted by atomic mass is 19.1. The van der Waals surface area contributed by atoms with Crippen LogP contribution in [0.5, 0.6) is 5.75 Å². The SMILES string of the molecule is CNc1cc(N2CCc3c(-c4ccc(OC5CC6(CCNCC6)C5)cn4)cccc32)nn2c(C(=O)NC3CC3F)cnc12. The summed E-state index contributed by atoms with van der Waals surface area (Å²) in [5, 5.41) is 14.2. The molecule has 4 aromatic rings. The number of halogens is 1. The molecule has 3 fully saturated rings. The highest BCUT2D eigenvalue weighted by Gasteiger charge is 2.46. The number of amides is 1. The first-order valence-corrected chi connectivity index (χ1v) is 15.2. The van der Waals surface area contributed by atoms with Gasteiger partial charge in [0.2, 0.25) is 0 Å². The van der Waals surface area contributed by atoms with Crippen LogP contribution in [0.3, 0.4) is 0 Å². The second kappa shape index (κ2) is 10.2. The van der Waals surface area contributed by atoms with Gasteiger partial charge in [-0.25, -0.2) is 13.9 Å². The van der Waals surface area contributed by atoms with Crippen molar-refractivity contribution in [3.8, 4) is 17.0 Å². The second-order valence-corrected chi connectivity index (χ2v) is 12.4. The summed E-state index contributed by atoms with van der Waals surface area (Å²) in [5.41, 5.74) is 6.30. The third-order valence-corrected chi connectivity index (χ3v) is 9.59. The van der Waals surface area contributed by atoms with Crippen molar-refractivity contribution in [2.45, 2.75) is 56.8 Å². The Labute approximate surface area is 249 Å². The van der Waals surface area contributed by atoms with E-state index in [0.717, 1.165) is 67.3 Å². The van der Waals surface area contributed by atoms with Gasteiger partial charge in [0.05, 0.1) is 35.9 Å². The van der Waals surface area contributed by atoms with Gasteiger partial charge in [0.1, 0.15) is 11.9 Å². The van der Waals surface area contributed by atoms with E-state index in [1.54, 1.807) is 4.52 Å². The van der Waals surface area contributed by atoms with Crippen LogP contribution in [-0.2, 0) is 6.42 Å². The molecule has 1 amide bonds. The van der Waals surface area contributed by atoms with Crippen molar-refractivity contribution < 1.29 is 13.9 Å². The Balaban J connectivity index is 1.03. The molecule has 3 N–H and O–H groups in total. The van der Waals surface area contributed by atoms with Gasteiger partial charge in [0.15, 0.2) is 17.2 Å². The summed E-state index contributed by atoms with van der Waals surface area (Å²) in [6.45, 7) is 2.97. The zero-order valence-corrected chi connectivity index (χ0v) is 24.1. The molecule has 222 valence electrons. The number of anilines is 3. The fourth-order valence-electron chi connectivity index (χ4n) is 7.05. The molecule has 0 bridgehead atoms. The number of carbonyl (C=O) groups excluding carboxylic acids is 1. The van der Waals surface area contributed by atoms with E-state index in [9.17, 15) is 9.18 Å². The number of ether oxygens (including phenoxy) is 1. The van der Waals surface area contributed by atoms with Gasteiger partial charge in [-0.15, -0.1) is 5.10 Å². The van der Waals surface area contributed by atoms with Gasteiger partial charge >= 0.3 is 0 Å². The van der Waals surface area contributed by atoms with Crippen LogP contribution in [-0.4, -0.2) is 70.5 Å². The molecule has 5 heterocycles. The van der Waals surface area contributed by atoms with Crippen molar-refractivity contribution in [3.05, 3.63) is 60.0 Å². The van der Waals surface area contributed by atoms with Crippen LogP contribution in [0.2, 0.25) is 0 Å². The highest BCUT2D eigenvalue weighted by molar-refractivity contribution is 5.94. The lowest BCUT2D eigenvalue weighted by atomic mass is 9.62. The highest BCUT2D eigenvalue weighted by Crippen LogP contribution is 2.49. The number of benzene rings is 1. The van der Waals surface area contributed by atoms with E-state index in [1.807, 2.05) is 37.5 Å². The number of imidazole rings is 1. The molecule has 11 heteroatoms. The summed E-state index contributed by atoms with van der Waals surface area (Å²) >= 11 is 0. The number of nitrogens with zero attached hydrogens (tertiary/aromatic N) is 5. The zero-order chi connectivity index (χ0) is 29.1. The number of hydrogen-bond acceptors (Lipinski definition) is 8. The number of fused-ring (bicyclic) bond motifs is 2. The Morgan fingerprint density at radius 3 is 2.72 bits per heavy atom. The van der Waals surface area contributed by atoms with Crippen LogP contribution in [0, 0.1) is 5.41 Å². The van der Waals surface area contributed by atoms with Crippen molar-refractivity contribution in [1.29, 1.82) is 0 Å². The number of hydrogen-bond donors (Lipinski definition) is 3. The zero-order valence-electron chi connectivity index (χ0n) is 24.1. The Bertz CT molecular complexity index is 1690. The Hall–Kier alpha value is -4.25. The van der Waals surface area contributed by atoms with Gasteiger partial charge in [-0.1, -0.05) is 12.1 Å². The topological polar surface area (TPSA) is 109 Å². The summed E-state index contributed by atoms with van der Waals surface area (Å²) in [6, 6.07) is 11.8. The standard InChI is InChI=1S/C32H35FN8O2/c1-34-26-14-29(39-41-28(18-37-30(26)41)31(42)38-25-13-23(25)33)40-12-7-22-21(3-2-4-27(22)40)24-6-5-19(17-36-24)43-20-15-32(16-20)8-10-35-11-9-32/h2-6,14,17-18,20,23,25,34-35H,7-13,15-16H2,1H3,(H,38,42). The number of rotatable bonds is 7. The average molecular weight is 583 g/mol. The molecule has 2 saturated carbocycles. The van der Waals surface area contributed by atoms with Gasteiger partial charge in [-0.2, -0.15) is 0 Å². The number of pyridine rings is 1. The molecule has 1 spiro atoms. The van der Waals surface area contributed by atoms with E-state index >= 15 is 0 Å². The number of aromatic nitrogens is 4. The van der Waals surface area contributed by atoms with Gasteiger partial charge in [0.25, 0.3) is 5.91 Å². The number of carbonyl (C=O) groups is 1. The minimum absolute atomic E-state index is 0.278. The van der Waals surface area contributed by atoms with Crippen molar-refractivity contribution in [3.63, 3.8) is 0 Å². The lowest BCUT2D eigenvalue weighted by Crippen LogP contribution is -2.49. The van der Waals surface area contributed by atoms with Crippen LogP contribution in [0.4, 0.5) is 21.6 Å². The Morgan fingerprint density at radius 2 is 1.98 bits per heavy atom. The van der Waals surface area contributed by atoms with Crippen LogP contribution in [0.1, 0.15) is 48.2 Å². The summed E-state index contributed by atoms with van der Waals surface area (Å²) in [5.74, 6) is 1.14. The van der Waals surface area contributed by atoms with Gasteiger partial charge in [0, 0.05) is 37.3 Å². The fraction of sp³-hybridized carbons (Fsp3) is 0.438. The maximum absolute atomic E-state index is 13.4. The first kappa shape index (κ1) is 26.4. The molecule has 2 aliphatic heterocycles. The smallest absolute Gasteiger partial charge is 0.271 e. The van der Waals surface area contributed by atoms with Crippen molar-refractivity contribution >= 4 is 28.7 Å². The molecule has 4 aliphatic rings. The van der Waals surface area contributed by atoms with Crippen molar-refractivity contribution in [1.82, 2.24) is 30.2 Å². The molecule has 2 aliphatic carbocycles. The monoisotopic (exact) mass is 582 g/mol. The predicted molar refractivity (Wildman–Crippen MR) is 162 cm³/mol. The van der Waals surface area contributed by atoms with E-state index in [-0.39, 0.29) is 17.7 Å². The van der Waals surface area contributed by atoms with Crippen LogP contribution < -0.4 is 25.6 Å². The van der Waals surface area contributed by atoms with Gasteiger partial charge < -0.3 is 25.6 Å². The summed E-state index contributed by atoms with van der Waals surface area (Å²) in [7, 11) is 1.82. The van der Waals surface area contributed by atoms with Gasteiger partial charge in [-0.05, 0) is 74.4 Å². The molecule has 8 rings (SSSR count). The van der Waals surface area contributed by atoms with E-state index < -0.39 is 12.2 Å². The molecular formula is C32H35FN8O2. The summed E-state index contributed by atoms with van der Waals surface area (Å²) in [4.78, 5) is 24.3. The third kappa shape index (κ3) is 4.66. The lowest BCUT2D eigenvalue weighted by molar-refractivity contribution is -0.0349. The molecular weight excluding hydrogens is 547 g/mol. The second-order valence-electron chi connectivity index (χ2n) is 12.4. The van der Waals surface area contributed by atoms with Crippen LogP contribution >= 0.6 is 0 Å². The number of piperidine rings is 1.